The summed E-state index contributed by atoms with van der Waals surface area (Å²) in [7, 11) is 0. The molecular formula is C16H21ClN2O. The summed E-state index contributed by atoms with van der Waals surface area (Å²) in [6.45, 7) is 3.79. The van der Waals surface area contributed by atoms with Crippen molar-refractivity contribution in [3.63, 3.8) is 0 Å². The Morgan fingerprint density at radius 3 is 2.60 bits per heavy atom. The Kier molecular flexibility index (Phi) is 3.80. The largest absolute Gasteiger partial charge is 0.300 e. The van der Waals surface area contributed by atoms with E-state index >= 15 is 0 Å². The fourth-order valence-corrected chi connectivity index (χ4v) is 4.54. The summed E-state index contributed by atoms with van der Waals surface area (Å²) in [6.07, 6.45) is 7.67. The molecule has 3 nitrogen and oxygen atoms in total. The van der Waals surface area contributed by atoms with Gasteiger partial charge in [0.1, 0.15) is 5.78 Å². The second kappa shape index (κ2) is 5.44. The molecule has 0 radical (unpaired) electrons. The molecule has 4 rings (SSSR count). The van der Waals surface area contributed by atoms with Gasteiger partial charge in [0.05, 0.1) is 0 Å². The van der Waals surface area contributed by atoms with Gasteiger partial charge >= 0.3 is 0 Å². The summed E-state index contributed by atoms with van der Waals surface area (Å²) < 4.78 is 0. The number of carbonyl (C=O) groups is 1. The van der Waals surface area contributed by atoms with Gasteiger partial charge in [0.2, 0.25) is 5.28 Å². The van der Waals surface area contributed by atoms with Crippen LogP contribution < -0.4 is 0 Å². The number of halogens is 1. The maximum Gasteiger partial charge on any atom is 0.222 e. The SMILES string of the molecule is CC(=O)[C@H]1C2CCC(CC2)[C@@H]1Cc1nc(Cl)ncc1C. The highest BCUT2D eigenvalue weighted by Crippen LogP contribution is 2.50. The molecule has 3 aliphatic carbocycles. The topological polar surface area (TPSA) is 42.9 Å². The van der Waals surface area contributed by atoms with Crippen LogP contribution >= 0.6 is 11.6 Å². The van der Waals surface area contributed by atoms with Crippen LogP contribution in [-0.2, 0) is 11.2 Å². The van der Waals surface area contributed by atoms with E-state index in [2.05, 4.69) is 9.97 Å². The Balaban J connectivity index is 1.87. The van der Waals surface area contributed by atoms with Crippen molar-refractivity contribution in [1.82, 2.24) is 9.97 Å². The lowest BCUT2D eigenvalue weighted by Crippen LogP contribution is -2.44. The quantitative estimate of drug-likeness (QED) is 0.799. The number of aryl methyl sites for hydroxylation is 1. The number of hydrogen-bond acceptors (Lipinski definition) is 3. The van der Waals surface area contributed by atoms with Crippen molar-refractivity contribution >= 4 is 17.4 Å². The second-order valence-electron chi connectivity index (χ2n) is 6.45. The van der Waals surface area contributed by atoms with Gasteiger partial charge in [0.25, 0.3) is 0 Å². The zero-order valence-corrected chi connectivity index (χ0v) is 12.9. The van der Waals surface area contributed by atoms with Gasteiger partial charge in [-0.05, 0) is 80.9 Å². The standard InChI is InChI=1S/C16H21ClN2O/c1-9-8-18-16(17)19-14(9)7-13-11-3-5-12(6-4-11)15(13)10(2)20/h8,11-13,15H,3-7H2,1-2H3/t11?,12?,13-,15-/m0/s1. The second-order valence-corrected chi connectivity index (χ2v) is 6.79. The molecule has 0 spiro atoms. The van der Waals surface area contributed by atoms with Crippen molar-refractivity contribution in [1.29, 1.82) is 0 Å². The maximum atomic E-state index is 12.1. The van der Waals surface area contributed by atoms with Crippen LogP contribution in [0.2, 0.25) is 5.28 Å². The molecule has 3 fully saturated rings. The normalized spacial score (nSPS) is 32.4. The van der Waals surface area contributed by atoms with Crippen LogP contribution in [0.3, 0.4) is 0 Å². The number of Topliss-reactive ketones (excluding diaryl/α,β-unsaturated/α-hetero) is 1. The van der Waals surface area contributed by atoms with E-state index in [1.165, 1.54) is 25.7 Å². The summed E-state index contributed by atoms with van der Waals surface area (Å²) in [5, 5.41) is 0.311. The lowest BCUT2D eigenvalue weighted by atomic mass is 9.56. The van der Waals surface area contributed by atoms with E-state index in [1.54, 1.807) is 13.1 Å². The molecule has 3 saturated carbocycles. The van der Waals surface area contributed by atoms with Crippen LogP contribution in [-0.4, -0.2) is 15.8 Å². The van der Waals surface area contributed by atoms with Crippen LogP contribution in [0, 0.1) is 30.6 Å². The molecule has 1 aromatic rings. The third-order valence-corrected chi connectivity index (χ3v) is 5.52. The van der Waals surface area contributed by atoms with Gasteiger partial charge in [-0.15, -0.1) is 0 Å². The third kappa shape index (κ3) is 2.48. The third-order valence-electron chi connectivity index (χ3n) is 5.34. The number of aromatic nitrogens is 2. The number of rotatable bonds is 3. The summed E-state index contributed by atoms with van der Waals surface area (Å²) in [6, 6.07) is 0. The van der Waals surface area contributed by atoms with Crippen molar-refractivity contribution in [2.45, 2.75) is 46.0 Å². The summed E-state index contributed by atoms with van der Waals surface area (Å²) in [4.78, 5) is 20.5. The fraction of sp³-hybridized carbons (Fsp3) is 0.688. The highest BCUT2D eigenvalue weighted by Gasteiger charge is 2.45. The molecule has 1 aromatic heterocycles. The Morgan fingerprint density at radius 1 is 1.30 bits per heavy atom. The van der Waals surface area contributed by atoms with Gasteiger partial charge in [0.15, 0.2) is 0 Å². The summed E-state index contributed by atoms with van der Waals surface area (Å²) in [5.74, 6) is 2.32. The molecule has 2 atom stereocenters. The first kappa shape index (κ1) is 14.0. The lowest BCUT2D eigenvalue weighted by Gasteiger charge is -2.48. The van der Waals surface area contributed by atoms with Crippen molar-refractivity contribution in [2.24, 2.45) is 23.7 Å². The van der Waals surface area contributed by atoms with E-state index in [9.17, 15) is 4.79 Å². The molecule has 0 aliphatic heterocycles. The van der Waals surface area contributed by atoms with E-state index in [1.807, 2.05) is 6.92 Å². The van der Waals surface area contributed by atoms with Gasteiger partial charge in [-0.25, -0.2) is 9.97 Å². The van der Waals surface area contributed by atoms with Crippen LogP contribution in [0.25, 0.3) is 0 Å². The molecule has 3 aliphatic rings. The molecule has 2 bridgehead atoms. The fourth-order valence-electron chi connectivity index (χ4n) is 4.38. The molecular weight excluding hydrogens is 272 g/mol. The Morgan fingerprint density at radius 2 is 1.95 bits per heavy atom. The van der Waals surface area contributed by atoms with Crippen molar-refractivity contribution in [3.05, 3.63) is 22.7 Å². The zero-order valence-electron chi connectivity index (χ0n) is 12.1. The van der Waals surface area contributed by atoms with Crippen LogP contribution in [0.15, 0.2) is 6.20 Å². The number of nitrogens with zero attached hydrogens (tertiary/aromatic N) is 2. The van der Waals surface area contributed by atoms with Crippen LogP contribution in [0.4, 0.5) is 0 Å². The monoisotopic (exact) mass is 292 g/mol. The number of carbonyl (C=O) groups excluding carboxylic acids is 1. The molecule has 0 unspecified atom stereocenters. The lowest BCUT2D eigenvalue weighted by molar-refractivity contribution is -0.130. The van der Waals surface area contributed by atoms with E-state index in [0.717, 1.165) is 17.7 Å². The Bertz CT molecular complexity index is 523. The van der Waals surface area contributed by atoms with E-state index in [-0.39, 0.29) is 5.92 Å². The first-order chi connectivity index (χ1) is 9.56. The Labute approximate surface area is 125 Å². The average molecular weight is 293 g/mol. The molecule has 0 aromatic carbocycles. The predicted molar refractivity (Wildman–Crippen MR) is 78.6 cm³/mol. The first-order valence-corrected chi connectivity index (χ1v) is 7.92. The van der Waals surface area contributed by atoms with Crippen molar-refractivity contribution in [3.8, 4) is 0 Å². The van der Waals surface area contributed by atoms with Gasteiger partial charge in [-0.1, -0.05) is 0 Å². The van der Waals surface area contributed by atoms with E-state index < -0.39 is 0 Å². The molecule has 20 heavy (non-hydrogen) atoms. The summed E-state index contributed by atoms with van der Waals surface area (Å²) in [5.41, 5.74) is 2.10. The molecule has 1 heterocycles. The Hall–Kier alpha value is -0.960. The average Bonchev–Trinajstić information content (AvgIpc) is 2.43. The van der Waals surface area contributed by atoms with Gasteiger partial charge in [-0.2, -0.15) is 0 Å². The number of fused-ring (bicyclic) bond motifs is 3. The van der Waals surface area contributed by atoms with Crippen molar-refractivity contribution in [2.75, 3.05) is 0 Å². The van der Waals surface area contributed by atoms with Crippen molar-refractivity contribution < 1.29 is 4.79 Å². The van der Waals surface area contributed by atoms with Crippen LogP contribution in [0.1, 0.15) is 43.9 Å². The highest BCUT2D eigenvalue weighted by molar-refractivity contribution is 6.28. The van der Waals surface area contributed by atoms with E-state index in [0.29, 0.717) is 28.8 Å². The smallest absolute Gasteiger partial charge is 0.222 e. The van der Waals surface area contributed by atoms with Gasteiger partial charge < -0.3 is 0 Å². The van der Waals surface area contributed by atoms with Gasteiger partial charge in [0, 0.05) is 17.8 Å². The summed E-state index contributed by atoms with van der Waals surface area (Å²) >= 11 is 5.92. The first-order valence-electron chi connectivity index (χ1n) is 7.54. The maximum absolute atomic E-state index is 12.1. The molecule has 0 saturated heterocycles. The molecule has 0 N–H and O–H groups in total. The van der Waals surface area contributed by atoms with E-state index in [4.69, 9.17) is 11.6 Å². The van der Waals surface area contributed by atoms with Crippen LogP contribution in [0.5, 0.6) is 0 Å². The minimum absolute atomic E-state index is 0.232. The zero-order chi connectivity index (χ0) is 14.3. The minimum atomic E-state index is 0.232. The molecule has 4 heteroatoms. The number of hydrogen-bond donors (Lipinski definition) is 0. The molecule has 0 amide bonds. The highest BCUT2D eigenvalue weighted by atomic mass is 35.5. The minimum Gasteiger partial charge on any atom is -0.300 e. The number of ketones is 1. The van der Waals surface area contributed by atoms with Gasteiger partial charge in [-0.3, -0.25) is 4.79 Å². The molecule has 108 valence electrons. The predicted octanol–water partition coefficient (Wildman–Crippen LogP) is 3.62.